The van der Waals surface area contributed by atoms with Crippen LogP contribution in [0.3, 0.4) is 0 Å². The minimum absolute atomic E-state index is 0.149. The number of carbonyl (C=O) groups is 1. The van der Waals surface area contributed by atoms with Gasteiger partial charge in [0.25, 0.3) is 0 Å². The number of hydrogen-bond donors (Lipinski definition) is 1. The molecule has 0 aromatic heterocycles. The Balaban J connectivity index is 2.83. The summed E-state index contributed by atoms with van der Waals surface area (Å²) in [7, 11) is 1.62. The third-order valence-corrected chi connectivity index (χ3v) is 2.46. The molecule has 0 fully saturated rings. The zero-order chi connectivity index (χ0) is 12.8. The molecule has 94 valence electrons. The lowest BCUT2D eigenvalue weighted by atomic mass is 10.0. The summed E-state index contributed by atoms with van der Waals surface area (Å²) in [5, 5.41) is 2.76. The number of carbonyl (C=O) groups excluding carboxylic acids is 1. The van der Waals surface area contributed by atoms with Gasteiger partial charge >= 0.3 is 6.09 Å². The van der Waals surface area contributed by atoms with Gasteiger partial charge in [0.05, 0.1) is 19.8 Å². The lowest BCUT2D eigenvalue weighted by molar-refractivity contribution is 0.148. The van der Waals surface area contributed by atoms with Crippen molar-refractivity contribution in [2.45, 2.75) is 26.8 Å². The van der Waals surface area contributed by atoms with Crippen molar-refractivity contribution in [3.63, 3.8) is 0 Å². The van der Waals surface area contributed by atoms with E-state index in [1.807, 2.05) is 32.0 Å². The van der Waals surface area contributed by atoms with Crippen LogP contribution in [0.1, 0.15) is 31.0 Å². The van der Waals surface area contributed by atoms with Crippen LogP contribution in [0.4, 0.5) is 4.79 Å². The van der Waals surface area contributed by atoms with Crippen molar-refractivity contribution < 1.29 is 14.3 Å². The number of hydrogen-bond acceptors (Lipinski definition) is 3. The van der Waals surface area contributed by atoms with E-state index < -0.39 is 6.09 Å². The highest BCUT2D eigenvalue weighted by Gasteiger charge is 2.14. The van der Waals surface area contributed by atoms with E-state index in [1.54, 1.807) is 14.0 Å². The van der Waals surface area contributed by atoms with Gasteiger partial charge in [-0.25, -0.2) is 4.79 Å². The Morgan fingerprint density at radius 3 is 2.76 bits per heavy atom. The number of methoxy groups -OCH3 is 1. The largest absolute Gasteiger partial charge is 0.496 e. The maximum atomic E-state index is 11.3. The van der Waals surface area contributed by atoms with Gasteiger partial charge in [-0.05, 0) is 26.8 Å². The molecule has 0 aliphatic heterocycles. The van der Waals surface area contributed by atoms with Gasteiger partial charge in [0.1, 0.15) is 5.75 Å². The van der Waals surface area contributed by atoms with Gasteiger partial charge < -0.3 is 14.8 Å². The van der Waals surface area contributed by atoms with Crippen LogP contribution in [0.5, 0.6) is 5.75 Å². The second-order valence-corrected chi connectivity index (χ2v) is 3.83. The monoisotopic (exact) mass is 237 g/mol. The normalized spacial score (nSPS) is 11.8. The summed E-state index contributed by atoms with van der Waals surface area (Å²) in [6, 6.07) is 5.72. The predicted molar refractivity (Wildman–Crippen MR) is 66.3 cm³/mol. The Bertz CT molecular complexity index is 390. The van der Waals surface area contributed by atoms with Gasteiger partial charge in [0.15, 0.2) is 0 Å². The van der Waals surface area contributed by atoms with Crippen molar-refractivity contribution in [2.24, 2.45) is 0 Å². The summed E-state index contributed by atoms with van der Waals surface area (Å²) in [4.78, 5) is 11.3. The quantitative estimate of drug-likeness (QED) is 0.876. The number of aryl methyl sites for hydroxylation is 1. The second kappa shape index (κ2) is 6.13. The standard InChI is InChI=1S/C13H19NO3/c1-5-17-13(15)14-10(3)11-8-9(2)6-7-12(11)16-4/h6-8,10H,5H2,1-4H3,(H,14,15). The van der Waals surface area contributed by atoms with E-state index in [4.69, 9.17) is 9.47 Å². The molecule has 0 saturated heterocycles. The molecule has 0 aliphatic rings. The van der Waals surface area contributed by atoms with Crippen molar-refractivity contribution in [1.29, 1.82) is 0 Å². The summed E-state index contributed by atoms with van der Waals surface area (Å²) in [6.07, 6.45) is -0.413. The molecule has 1 N–H and O–H groups in total. The Hall–Kier alpha value is -1.71. The van der Waals surface area contributed by atoms with E-state index in [2.05, 4.69) is 5.32 Å². The lowest BCUT2D eigenvalue weighted by Gasteiger charge is -2.17. The molecule has 1 unspecified atom stereocenters. The smallest absolute Gasteiger partial charge is 0.407 e. The Kier molecular flexibility index (Phi) is 4.82. The van der Waals surface area contributed by atoms with Crippen LogP contribution in [-0.2, 0) is 4.74 Å². The SMILES string of the molecule is CCOC(=O)NC(C)c1cc(C)ccc1OC. The molecule has 1 aromatic rings. The zero-order valence-electron chi connectivity index (χ0n) is 10.7. The number of ether oxygens (including phenoxy) is 2. The molecule has 1 rings (SSSR count). The summed E-state index contributed by atoms with van der Waals surface area (Å²) < 4.78 is 10.1. The molecular formula is C13H19NO3. The number of amides is 1. The van der Waals surface area contributed by atoms with E-state index in [1.165, 1.54) is 0 Å². The van der Waals surface area contributed by atoms with Crippen LogP contribution in [0, 0.1) is 6.92 Å². The van der Waals surface area contributed by atoms with E-state index >= 15 is 0 Å². The molecule has 1 amide bonds. The minimum Gasteiger partial charge on any atom is -0.496 e. The molecule has 1 atom stereocenters. The molecule has 0 spiro atoms. The third-order valence-electron chi connectivity index (χ3n) is 2.46. The van der Waals surface area contributed by atoms with Gasteiger partial charge in [-0.3, -0.25) is 0 Å². The van der Waals surface area contributed by atoms with Gasteiger partial charge in [-0.2, -0.15) is 0 Å². The van der Waals surface area contributed by atoms with Crippen LogP contribution in [0.2, 0.25) is 0 Å². The molecule has 0 heterocycles. The summed E-state index contributed by atoms with van der Waals surface area (Å²) in [6.45, 7) is 6.04. The average Bonchev–Trinajstić information content (AvgIpc) is 2.29. The van der Waals surface area contributed by atoms with Crippen molar-refractivity contribution in [1.82, 2.24) is 5.32 Å². The Labute approximate surface area is 102 Å². The molecule has 0 aliphatic carbocycles. The molecule has 17 heavy (non-hydrogen) atoms. The van der Waals surface area contributed by atoms with Gasteiger partial charge in [-0.15, -0.1) is 0 Å². The van der Waals surface area contributed by atoms with Crippen LogP contribution in [0.25, 0.3) is 0 Å². The first kappa shape index (κ1) is 13.4. The Morgan fingerprint density at radius 1 is 1.47 bits per heavy atom. The van der Waals surface area contributed by atoms with Crippen LogP contribution < -0.4 is 10.1 Å². The number of nitrogens with one attached hydrogen (secondary N) is 1. The highest BCUT2D eigenvalue weighted by molar-refractivity contribution is 5.68. The van der Waals surface area contributed by atoms with Gasteiger partial charge in [0.2, 0.25) is 0 Å². The molecule has 0 bridgehead atoms. The number of benzene rings is 1. The molecule has 0 radical (unpaired) electrons. The maximum absolute atomic E-state index is 11.3. The molecule has 4 heteroatoms. The fourth-order valence-corrected chi connectivity index (χ4v) is 1.62. The molecule has 0 saturated carbocycles. The fourth-order valence-electron chi connectivity index (χ4n) is 1.62. The molecule has 1 aromatic carbocycles. The Morgan fingerprint density at radius 2 is 2.18 bits per heavy atom. The first-order chi connectivity index (χ1) is 8.08. The highest BCUT2D eigenvalue weighted by atomic mass is 16.5. The minimum atomic E-state index is -0.413. The fraction of sp³-hybridized carbons (Fsp3) is 0.462. The predicted octanol–water partition coefficient (Wildman–Crippen LogP) is 2.81. The average molecular weight is 237 g/mol. The molecular weight excluding hydrogens is 218 g/mol. The summed E-state index contributed by atoms with van der Waals surface area (Å²) >= 11 is 0. The van der Waals surface area contributed by atoms with E-state index in [0.29, 0.717) is 6.61 Å². The lowest BCUT2D eigenvalue weighted by Crippen LogP contribution is -2.27. The second-order valence-electron chi connectivity index (χ2n) is 3.83. The van der Waals surface area contributed by atoms with E-state index in [9.17, 15) is 4.79 Å². The van der Waals surface area contributed by atoms with Crippen molar-refractivity contribution in [3.8, 4) is 5.75 Å². The summed E-state index contributed by atoms with van der Waals surface area (Å²) in [5.74, 6) is 0.764. The summed E-state index contributed by atoms with van der Waals surface area (Å²) in [5.41, 5.74) is 2.07. The third kappa shape index (κ3) is 3.66. The van der Waals surface area contributed by atoms with Gasteiger partial charge in [0, 0.05) is 5.56 Å². The van der Waals surface area contributed by atoms with Crippen LogP contribution in [0.15, 0.2) is 18.2 Å². The number of rotatable bonds is 4. The first-order valence-electron chi connectivity index (χ1n) is 5.66. The molecule has 4 nitrogen and oxygen atoms in total. The van der Waals surface area contributed by atoms with E-state index in [0.717, 1.165) is 16.9 Å². The van der Waals surface area contributed by atoms with Crippen molar-refractivity contribution in [2.75, 3.05) is 13.7 Å². The highest BCUT2D eigenvalue weighted by Crippen LogP contribution is 2.25. The van der Waals surface area contributed by atoms with E-state index in [-0.39, 0.29) is 6.04 Å². The van der Waals surface area contributed by atoms with Crippen molar-refractivity contribution >= 4 is 6.09 Å². The topological polar surface area (TPSA) is 47.6 Å². The first-order valence-corrected chi connectivity index (χ1v) is 5.66. The van der Waals surface area contributed by atoms with Crippen LogP contribution in [-0.4, -0.2) is 19.8 Å². The number of alkyl carbamates (subject to hydrolysis) is 1. The van der Waals surface area contributed by atoms with Crippen LogP contribution >= 0.6 is 0 Å². The van der Waals surface area contributed by atoms with Gasteiger partial charge in [-0.1, -0.05) is 17.7 Å². The zero-order valence-corrected chi connectivity index (χ0v) is 10.7. The maximum Gasteiger partial charge on any atom is 0.407 e. The van der Waals surface area contributed by atoms with Crippen molar-refractivity contribution in [3.05, 3.63) is 29.3 Å².